The largest absolute Gasteiger partial charge is 0.506 e. The van der Waals surface area contributed by atoms with Crippen molar-refractivity contribution in [3.63, 3.8) is 0 Å². The van der Waals surface area contributed by atoms with E-state index in [9.17, 15) is 9.46 Å². The zero-order valence-electron chi connectivity index (χ0n) is 10.8. The van der Waals surface area contributed by atoms with Gasteiger partial charge in [0.05, 0.1) is 0 Å². The van der Waals surface area contributed by atoms with Crippen LogP contribution in [0.15, 0.2) is 60.7 Å². The van der Waals surface area contributed by atoms with Crippen LogP contribution < -0.4 is 0 Å². The van der Waals surface area contributed by atoms with Crippen LogP contribution >= 0.6 is 8.03 Å². The highest BCUT2D eigenvalue weighted by Crippen LogP contribution is 2.30. The lowest BCUT2D eigenvalue weighted by molar-refractivity contribution is 0.494. The monoisotopic (exact) mass is 273 g/mol. The molecule has 19 heavy (non-hydrogen) atoms. The van der Waals surface area contributed by atoms with E-state index in [1.165, 1.54) is 5.56 Å². The first-order chi connectivity index (χ1) is 9.25. The molecule has 0 saturated heterocycles. The van der Waals surface area contributed by atoms with Crippen LogP contribution in [-0.2, 0) is 11.0 Å². The second-order valence-corrected chi connectivity index (χ2v) is 5.74. The minimum absolute atomic E-state index is 0.148. The van der Waals surface area contributed by atoms with Crippen LogP contribution in [0.2, 0.25) is 0 Å². The molecular weight excluding hydrogens is 255 g/mol. The van der Waals surface area contributed by atoms with Gasteiger partial charge in [0.1, 0.15) is 0 Å². The van der Waals surface area contributed by atoms with E-state index in [0.29, 0.717) is 6.16 Å². The zero-order valence-corrected chi connectivity index (χ0v) is 11.7. The van der Waals surface area contributed by atoms with Gasteiger partial charge in [0, 0.05) is 5.92 Å². The second-order valence-electron chi connectivity index (χ2n) is 4.67. The number of rotatable bonds is 6. The third kappa shape index (κ3) is 4.59. The predicted molar refractivity (Wildman–Crippen MR) is 78.6 cm³/mol. The van der Waals surface area contributed by atoms with Crippen LogP contribution in [0, 0.1) is 0 Å². The van der Waals surface area contributed by atoms with Gasteiger partial charge in [-0.25, -0.2) is 0 Å². The number of aryl methyl sites for hydroxylation is 1. The summed E-state index contributed by atoms with van der Waals surface area (Å²) in [5, 5.41) is 0. The Balaban J connectivity index is 2.04. The second kappa shape index (κ2) is 7.18. The lowest BCUT2D eigenvalue weighted by Gasteiger charge is -2.12. The molecule has 0 aliphatic heterocycles. The van der Waals surface area contributed by atoms with E-state index in [-0.39, 0.29) is 5.92 Å². The van der Waals surface area contributed by atoms with Crippen LogP contribution in [0.25, 0.3) is 0 Å². The van der Waals surface area contributed by atoms with Crippen molar-refractivity contribution in [1.29, 1.82) is 0 Å². The average Bonchev–Trinajstić information content (AvgIpc) is 2.45. The summed E-state index contributed by atoms with van der Waals surface area (Å²) in [6, 6.07) is 20.3. The lowest BCUT2D eigenvalue weighted by Crippen LogP contribution is -2.04. The van der Waals surface area contributed by atoms with Gasteiger partial charge in [-0.05, 0) is 28.5 Å². The van der Waals surface area contributed by atoms with Gasteiger partial charge in [-0.1, -0.05) is 60.7 Å². The molecule has 0 aromatic heterocycles. The molecule has 2 unspecified atom stereocenters. The van der Waals surface area contributed by atoms with E-state index in [2.05, 4.69) is 12.1 Å². The van der Waals surface area contributed by atoms with Crippen LogP contribution in [0.5, 0.6) is 0 Å². The maximum absolute atomic E-state index is 11.1. The Labute approximate surface area is 115 Å². The quantitative estimate of drug-likeness (QED) is 0.803. The summed E-state index contributed by atoms with van der Waals surface area (Å²) in [5.41, 5.74) is 2.42. The van der Waals surface area contributed by atoms with E-state index in [4.69, 9.17) is 0 Å². The third-order valence-corrected chi connectivity index (χ3v) is 4.02. The van der Waals surface area contributed by atoms with E-state index >= 15 is 0 Å². The molecule has 2 rings (SSSR count). The maximum atomic E-state index is 11.1. The van der Waals surface area contributed by atoms with Gasteiger partial charge in [0.2, 0.25) is 0 Å². The SMILES string of the molecule is O=[P+](O)CC(CCc1ccccc1)c1ccccc1. The van der Waals surface area contributed by atoms with Crippen molar-refractivity contribution in [2.24, 2.45) is 0 Å². The summed E-state index contributed by atoms with van der Waals surface area (Å²) in [6.45, 7) is 0. The van der Waals surface area contributed by atoms with Gasteiger partial charge in [0.25, 0.3) is 0 Å². The van der Waals surface area contributed by atoms with Gasteiger partial charge < -0.3 is 0 Å². The molecule has 0 aliphatic rings. The lowest BCUT2D eigenvalue weighted by atomic mass is 9.94. The third-order valence-electron chi connectivity index (χ3n) is 3.27. The van der Waals surface area contributed by atoms with Crippen molar-refractivity contribution in [2.45, 2.75) is 18.8 Å². The first-order valence-corrected chi connectivity index (χ1v) is 7.88. The molecule has 3 heteroatoms. The first kappa shape index (κ1) is 13.9. The molecule has 0 saturated carbocycles. The van der Waals surface area contributed by atoms with Gasteiger partial charge in [-0.15, -0.1) is 0 Å². The van der Waals surface area contributed by atoms with Crippen LogP contribution in [0.3, 0.4) is 0 Å². The van der Waals surface area contributed by atoms with Crippen molar-refractivity contribution in [3.8, 4) is 0 Å². The van der Waals surface area contributed by atoms with E-state index in [1.54, 1.807) is 0 Å². The summed E-state index contributed by atoms with van der Waals surface area (Å²) in [5.74, 6) is 0.148. The van der Waals surface area contributed by atoms with Crippen molar-refractivity contribution in [1.82, 2.24) is 0 Å². The standard InChI is InChI=1S/C16H17O2P/c17-19(18)13-16(15-9-5-2-6-10-15)12-11-14-7-3-1-4-8-14/h1-10,16H,11-13H2/p+1. The van der Waals surface area contributed by atoms with Crippen molar-refractivity contribution < 1.29 is 9.46 Å². The fraction of sp³-hybridized carbons (Fsp3) is 0.250. The van der Waals surface area contributed by atoms with Crippen LogP contribution in [0.1, 0.15) is 23.5 Å². The fourth-order valence-electron chi connectivity index (χ4n) is 2.26. The smallest absolute Gasteiger partial charge is 0.161 e. The van der Waals surface area contributed by atoms with Gasteiger partial charge in [-0.2, -0.15) is 4.89 Å². The van der Waals surface area contributed by atoms with E-state index < -0.39 is 8.03 Å². The molecule has 0 spiro atoms. The zero-order chi connectivity index (χ0) is 13.5. The Hall–Kier alpha value is -1.50. The van der Waals surface area contributed by atoms with Crippen LogP contribution in [-0.4, -0.2) is 11.1 Å². The summed E-state index contributed by atoms with van der Waals surface area (Å²) < 4.78 is 11.1. The minimum Gasteiger partial charge on any atom is -0.161 e. The topological polar surface area (TPSA) is 37.3 Å². The predicted octanol–water partition coefficient (Wildman–Crippen LogP) is 4.14. The highest BCUT2D eigenvalue weighted by Gasteiger charge is 2.22. The van der Waals surface area contributed by atoms with Gasteiger partial charge >= 0.3 is 8.03 Å². The van der Waals surface area contributed by atoms with Gasteiger partial charge in [-0.3, -0.25) is 0 Å². The molecule has 98 valence electrons. The Morgan fingerprint density at radius 3 is 2.11 bits per heavy atom. The first-order valence-electron chi connectivity index (χ1n) is 6.48. The molecule has 0 fully saturated rings. The van der Waals surface area contributed by atoms with E-state index in [1.807, 2.05) is 48.5 Å². The Morgan fingerprint density at radius 1 is 0.947 bits per heavy atom. The highest BCUT2D eigenvalue weighted by atomic mass is 31.1. The summed E-state index contributed by atoms with van der Waals surface area (Å²) >= 11 is 0. The number of hydrogen-bond donors (Lipinski definition) is 1. The summed E-state index contributed by atoms with van der Waals surface area (Å²) in [7, 11) is -2.09. The van der Waals surface area contributed by atoms with Crippen molar-refractivity contribution >= 4 is 8.03 Å². The maximum Gasteiger partial charge on any atom is 0.506 e. The highest BCUT2D eigenvalue weighted by molar-refractivity contribution is 7.38. The van der Waals surface area contributed by atoms with Crippen LogP contribution in [0.4, 0.5) is 0 Å². The number of benzene rings is 2. The molecule has 2 aromatic carbocycles. The Bertz CT molecular complexity index is 511. The molecule has 0 amide bonds. The Kier molecular flexibility index (Phi) is 5.26. The fourth-order valence-corrected chi connectivity index (χ4v) is 3.03. The van der Waals surface area contributed by atoms with Gasteiger partial charge in [0.15, 0.2) is 6.16 Å². The molecule has 0 radical (unpaired) electrons. The Morgan fingerprint density at radius 2 is 1.53 bits per heavy atom. The molecule has 0 bridgehead atoms. The van der Waals surface area contributed by atoms with Crippen molar-refractivity contribution in [2.75, 3.05) is 6.16 Å². The normalized spacial score (nSPS) is 13.0. The van der Waals surface area contributed by atoms with Crippen molar-refractivity contribution in [3.05, 3.63) is 71.8 Å². The molecular formula is C16H18O2P+. The molecule has 2 aromatic rings. The minimum atomic E-state index is -2.09. The molecule has 0 heterocycles. The number of hydrogen-bond acceptors (Lipinski definition) is 1. The molecule has 2 atom stereocenters. The average molecular weight is 273 g/mol. The summed E-state index contributed by atoms with van der Waals surface area (Å²) in [4.78, 5) is 9.19. The molecule has 2 nitrogen and oxygen atoms in total. The summed E-state index contributed by atoms with van der Waals surface area (Å²) in [6.07, 6.45) is 2.17. The molecule has 1 N–H and O–H groups in total. The molecule has 0 aliphatic carbocycles. The van der Waals surface area contributed by atoms with E-state index in [0.717, 1.165) is 18.4 Å².